The van der Waals surface area contributed by atoms with Gasteiger partial charge in [0, 0.05) is 51.2 Å². The van der Waals surface area contributed by atoms with Crippen LogP contribution in [-0.2, 0) is 23.8 Å². The number of nitrogens with one attached hydrogen (secondary N) is 1. The molecule has 4 rings (SSSR count). The van der Waals surface area contributed by atoms with Crippen LogP contribution in [0.2, 0.25) is 0 Å². The number of rotatable bonds is 15. The van der Waals surface area contributed by atoms with E-state index in [-0.39, 0.29) is 84.7 Å². The Morgan fingerprint density at radius 1 is 0.750 bits per heavy atom. The number of ether oxygens (including phenoxy) is 7. The van der Waals surface area contributed by atoms with Gasteiger partial charge in [0.25, 0.3) is 11.8 Å². The second kappa shape index (κ2) is 18.6. The van der Waals surface area contributed by atoms with Crippen molar-refractivity contribution in [2.45, 2.75) is 71.6 Å². The summed E-state index contributed by atoms with van der Waals surface area (Å²) in [5.74, 6) is -0.653. The maximum absolute atomic E-state index is 14.0. The fraction of sp³-hybridized carbons (Fsp3) is 0.475. The summed E-state index contributed by atoms with van der Waals surface area (Å²) in [6, 6.07) is 5.16. The molecule has 0 aliphatic carbocycles. The van der Waals surface area contributed by atoms with Crippen molar-refractivity contribution in [3.8, 4) is 23.0 Å². The first-order valence-electron chi connectivity index (χ1n) is 18.1. The summed E-state index contributed by atoms with van der Waals surface area (Å²) in [6.07, 6.45) is 0.531. The van der Waals surface area contributed by atoms with E-state index in [0.29, 0.717) is 31.6 Å². The minimum Gasteiger partial charge on any atom is -0.493 e. The molecule has 0 bridgehead atoms. The summed E-state index contributed by atoms with van der Waals surface area (Å²) in [4.78, 5) is 66.5. The molecule has 16 nitrogen and oxygen atoms in total. The molecule has 3 N–H and O–H groups in total. The number of carbonyl (C=O) groups excluding carboxylic acids is 5. The highest BCUT2D eigenvalue weighted by Crippen LogP contribution is 2.37. The van der Waals surface area contributed by atoms with Crippen molar-refractivity contribution < 1.29 is 57.1 Å². The molecule has 0 saturated carbocycles. The number of esters is 2. The zero-order chi connectivity index (χ0) is 41.3. The number of benzene rings is 2. The van der Waals surface area contributed by atoms with E-state index in [1.54, 1.807) is 25.7 Å². The fourth-order valence-corrected chi connectivity index (χ4v) is 6.25. The van der Waals surface area contributed by atoms with Gasteiger partial charge in [0.2, 0.25) is 0 Å². The minimum atomic E-state index is -0.816. The lowest BCUT2D eigenvalue weighted by Crippen LogP contribution is -2.39. The molecule has 2 aliphatic heterocycles. The van der Waals surface area contributed by atoms with E-state index in [0.717, 1.165) is 11.1 Å². The van der Waals surface area contributed by atoms with Crippen molar-refractivity contribution in [3.63, 3.8) is 0 Å². The molecule has 0 radical (unpaired) electrons. The Morgan fingerprint density at radius 2 is 1.21 bits per heavy atom. The van der Waals surface area contributed by atoms with Gasteiger partial charge < -0.3 is 48.7 Å². The smallest absolute Gasteiger partial charge is 0.412 e. The highest BCUT2D eigenvalue weighted by Gasteiger charge is 2.35. The van der Waals surface area contributed by atoms with Crippen molar-refractivity contribution >= 4 is 41.2 Å². The average Bonchev–Trinajstić information content (AvgIpc) is 3.69. The maximum Gasteiger partial charge on any atom is 0.412 e. The summed E-state index contributed by atoms with van der Waals surface area (Å²) >= 11 is 0. The molecule has 2 aromatic carbocycles. The molecule has 2 aliphatic rings. The second-order valence-electron chi connectivity index (χ2n) is 14.5. The second-order valence-corrected chi connectivity index (χ2v) is 14.5. The number of carbonyl (C=O) groups is 5. The average molecular weight is 781 g/mol. The molecule has 0 unspecified atom stereocenters. The van der Waals surface area contributed by atoms with Gasteiger partial charge in [0.1, 0.15) is 18.8 Å². The van der Waals surface area contributed by atoms with Crippen molar-refractivity contribution in [1.29, 1.82) is 0 Å². The molecule has 304 valence electrons. The molecule has 0 aromatic heterocycles. The van der Waals surface area contributed by atoms with Crippen LogP contribution < -0.4 is 30.0 Å². The molecule has 2 atom stereocenters. The third-order valence-corrected chi connectivity index (χ3v) is 8.74. The van der Waals surface area contributed by atoms with Crippen LogP contribution in [0, 0.1) is 0 Å². The molecule has 56 heavy (non-hydrogen) atoms. The van der Waals surface area contributed by atoms with Gasteiger partial charge in [-0.05, 0) is 45.7 Å². The number of amides is 3. The lowest BCUT2D eigenvalue weighted by atomic mass is 10.1. The first kappa shape index (κ1) is 42.8. The Labute approximate surface area is 326 Å². The van der Waals surface area contributed by atoms with Crippen molar-refractivity contribution in [2.24, 2.45) is 0 Å². The monoisotopic (exact) mass is 780 g/mol. The molecule has 2 saturated heterocycles. The van der Waals surface area contributed by atoms with Crippen molar-refractivity contribution in [2.75, 3.05) is 64.8 Å². The lowest BCUT2D eigenvalue weighted by Gasteiger charge is -2.26. The highest BCUT2D eigenvalue weighted by atomic mass is 16.6. The van der Waals surface area contributed by atoms with E-state index in [4.69, 9.17) is 38.9 Å². The molecule has 16 heteroatoms. The van der Waals surface area contributed by atoms with Crippen molar-refractivity contribution in [1.82, 2.24) is 9.80 Å². The maximum atomic E-state index is 14.0. The highest BCUT2D eigenvalue weighted by molar-refractivity contribution is 6.04. The summed E-state index contributed by atoms with van der Waals surface area (Å²) in [7, 11) is 2.87. The van der Waals surface area contributed by atoms with E-state index in [9.17, 15) is 24.0 Å². The number of nitrogens with two attached hydrogens (primary N) is 1. The first-order chi connectivity index (χ1) is 26.4. The first-order valence-corrected chi connectivity index (χ1v) is 18.1. The predicted molar refractivity (Wildman–Crippen MR) is 206 cm³/mol. The normalized spacial score (nSPS) is 16.6. The van der Waals surface area contributed by atoms with E-state index >= 15 is 0 Å². The van der Waals surface area contributed by atoms with Crippen LogP contribution in [0.1, 0.15) is 74.6 Å². The molecule has 2 aromatic rings. The summed E-state index contributed by atoms with van der Waals surface area (Å²) in [5, 5.41) is 2.67. The van der Waals surface area contributed by atoms with Gasteiger partial charge in [0.05, 0.1) is 56.3 Å². The van der Waals surface area contributed by atoms with Gasteiger partial charge in [-0.1, -0.05) is 24.3 Å². The Hall–Kier alpha value is -5.93. The number of methoxy groups -OCH3 is 2. The van der Waals surface area contributed by atoms with E-state index < -0.39 is 35.6 Å². The third-order valence-electron chi connectivity index (χ3n) is 8.74. The standard InChI is InChI=1S/C40H52N4O12/c1-23-13-27(21-54-25(3)45)43(19-23)37(47)29-15-33(50-8)35(17-31(29)41)52-11-10-12-53-36-18-32(42-39(49)56-40(5,6)7)30(16-34(36)51-9)38(48)44-20-24(2)14-28(44)22-55-26(4)46/h15-18,27-28H,1-2,10-14,19-22,41H2,3-9H3,(H,42,49)/t27-,28-/m0/s1. The zero-order valence-corrected chi connectivity index (χ0v) is 33.1. The molecule has 0 spiro atoms. The van der Waals surface area contributed by atoms with Gasteiger partial charge in [-0.2, -0.15) is 0 Å². The lowest BCUT2D eigenvalue weighted by molar-refractivity contribution is -0.143. The predicted octanol–water partition coefficient (Wildman–Crippen LogP) is 5.15. The van der Waals surface area contributed by atoms with Crippen LogP contribution in [0.4, 0.5) is 16.2 Å². The van der Waals surface area contributed by atoms with Crippen LogP contribution >= 0.6 is 0 Å². The van der Waals surface area contributed by atoms with Crippen LogP contribution in [-0.4, -0.2) is 111 Å². The SMILES string of the molecule is C=C1C[C@@H](COC(C)=O)N(C(=O)c2cc(OC)c(OCCCOc3cc(NC(=O)OC(C)(C)C)c(C(=O)N4CC(=C)C[C@H]4COC(C)=O)cc3OC)cc2N)C1. The number of hydrogen-bond donors (Lipinski definition) is 2. The molecule has 2 fully saturated rings. The molecule has 3 amide bonds. The fourth-order valence-electron chi connectivity index (χ4n) is 6.25. The number of nitrogens with zero attached hydrogens (tertiary/aromatic N) is 2. The van der Waals surface area contributed by atoms with Gasteiger partial charge in [-0.15, -0.1) is 0 Å². The summed E-state index contributed by atoms with van der Waals surface area (Å²) in [5.41, 5.74) is 7.74. The number of likely N-dealkylation sites (tertiary alicyclic amines) is 2. The van der Waals surface area contributed by atoms with Crippen LogP contribution in [0.15, 0.2) is 48.6 Å². The zero-order valence-electron chi connectivity index (χ0n) is 33.1. The van der Waals surface area contributed by atoms with E-state index in [2.05, 4.69) is 18.5 Å². The largest absolute Gasteiger partial charge is 0.493 e. The number of nitrogen functional groups attached to an aromatic ring is 1. The van der Waals surface area contributed by atoms with E-state index in [1.807, 2.05) is 0 Å². The number of hydrogen-bond acceptors (Lipinski definition) is 13. The van der Waals surface area contributed by atoms with Crippen LogP contribution in [0.25, 0.3) is 0 Å². The van der Waals surface area contributed by atoms with E-state index in [1.165, 1.54) is 57.2 Å². The Balaban J connectivity index is 1.47. The van der Waals surface area contributed by atoms with Gasteiger partial charge in [-0.3, -0.25) is 24.5 Å². The molecule has 2 heterocycles. The molecular weight excluding hydrogens is 728 g/mol. The topological polar surface area (TPSA) is 194 Å². The Kier molecular flexibility index (Phi) is 14.2. The minimum absolute atomic E-state index is 0.00933. The quantitative estimate of drug-likeness (QED) is 0.0793. The summed E-state index contributed by atoms with van der Waals surface area (Å²) in [6.45, 7) is 16.6. The van der Waals surface area contributed by atoms with Crippen molar-refractivity contribution in [3.05, 3.63) is 59.7 Å². The van der Waals surface area contributed by atoms with Crippen LogP contribution in [0.3, 0.4) is 0 Å². The van der Waals surface area contributed by atoms with Gasteiger partial charge in [0.15, 0.2) is 23.0 Å². The van der Waals surface area contributed by atoms with Crippen LogP contribution in [0.5, 0.6) is 23.0 Å². The van der Waals surface area contributed by atoms with Gasteiger partial charge in [-0.25, -0.2) is 4.79 Å². The van der Waals surface area contributed by atoms with Gasteiger partial charge >= 0.3 is 18.0 Å². The molecular formula is C40H52N4O12. The summed E-state index contributed by atoms with van der Waals surface area (Å²) < 4.78 is 39.0. The third kappa shape index (κ3) is 11.3. The Bertz CT molecular complexity index is 1850. The Morgan fingerprint density at radius 3 is 1.68 bits per heavy atom. The number of anilines is 2.